The minimum atomic E-state index is 0.943. The van der Waals surface area contributed by atoms with E-state index in [1.807, 2.05) is 36.7 Å². The van der Waals surface area contributed by atoms with Gasteiger partial charge in [-0.05, 0) is 98.1 Å². The van der Waals surface area contributed by atoms with E-state index in [2.05, 4.69) is 131 Å². The minimum Gasteiger partial charge on any atom is -0.261 e. The van der Waals surface area contributed by atoms with Crippen molar-refractivity contribution in [2.45, 2.75) is 12.8 Å². The molecule has 7 aromatic rings. The highest BCUT2D eigenvalue weighted by atomic mass is 14.7. The summed E-state index contributed by atoms with van der Waals surface area (Å²) < 4.78 is 0. The van der Waals surface area contributed by atoms with E-state index in [9.17, 15) is 0 Å². The molecule has 0 atom stereocenters. The first-order valence-corrected chi connectivity index (χ1v) is 14.5. The lowest BCUT2D eigenvalue weighted by Crippen LogP contribution is -1.94. The number of pyridine rings is 2. The molecule has 2 nitrogen and oxygen atoms in total. The molecule has 0 aliphatic carbocycles. The van der Waals surface area contributed by atoms with Gasteiger partial charge in [-0.1, -0.05) is 115 Å². The van der Waals surface area contributed by atoms with Crippen molar-refractivity contribution >= 4 is 33.7 Å². The molecule has 2 aromatic heterocycles. The summed E-state index contributed by atoms with van der Waals surface area (Å²) >= 11 is 0. The van der Waals surface area contributed by atoms with E-state index >= 15 is 0 Å². The van der Waals surface area contributed by atoms with Gasteiger partial charge in [0.1, 0.15) is 0 Å². The quantitative estimate of drug-likeness (QED) is 0.189. The van der Waals surface area contributed by atoms with Crippen LogP contribution in [0.2, 0.25) is 0 Å². The highest BCUT2D eigenvalue weighted by Gasteiger charge is 2.16. The molecular weight excluding hydrogens is 508 g/mol. The van der Waals surface area contributed by atoms with Crippen molar-refractivity contribution in [1.82, 2.24) is 9.97 Å². The molecule has 2 heteroatoms. The summed E-state index contributed by atoms with van der Waals surface area (Å²) in [5, 5.41) is 5.07. The number of fused-ring (bicyclic) bond motifs is 2. The second-order valence-corrected chi connectivity index (χ2v) is 10.6. The van der Waals surface area contributed by atoms with Gasteiger partial charge in [0.05, 0.1) is 5.69 Å². The van der Waals surface area contributed by atoms with Gasteiger partial charge in [0, 0.05) is 18.1 Å². The van der Waals surface area contributed by atoms with E-state index in [-0.39, 0.29) is 0 Å². The predicted molar refractivity (Wildman–Crippen MR) is 177 cm³/mol. The summed E-state index contributed by atoms with van der Waals surface area (Å²) in [4.78, 5) is 8.88. The smallest absolute Gasteiger partial charge is 0.0629 e. The molecule has 7 rings (SSSR count). The first kappa shape index (κ1) is 25.6. The number of benzene rings is 5. The Bertz CT molecular complexity index is 1930. The van der Waals surface area contributed by atoms with Crippen LogP contribution in [0.1, 0.15) is 22.5 Å². The van der Waals surface area contributed by atoms with Gasteiger partial charge < -0.3 is 0 Å². The number of aryl methyl sites for hydroxylation is 2. The molecule has 42 heavy (non-hydrogen) atoms. The first-order chi connectivity index (χ1) is 20.8. The van der Waals surface area contributed by atoms with E-state index < -0.39 is 0 Å². The van der Waals surface area contributed by atoms with Crippen molar-refractivity contribution in [2.24, 2.45) is 0 Å². The maximum atomic E-state index is 4.48. The molecule has 0 saturated carbocycles. The molecule has 0 unspecified atom stereocenters. The van der Waals surface area contributed by atoms with Gasteiger partial charge >= 0.3 is 0 Å². The molecule has 0 bridgehead atoms. The monoisotopic (exact) mass is 538 g/mol. The summed E-state index contributed by atoms with van der Waals surface area (Å²) in [7, 11) is 0. The average molecular weight is 539 g/mol. The van der Waals surface area contributed by atoms with Crippen molar-refractivity contribution in [3.8, 4) is 22.3 Å². The second-order valence-electron chi connectivity index (χ2n) is 10.6. The average Bonchev–Trinajstić information content (AvgIpc) is 3.07. The Morgan fingerprint density at radius 3 is 1.48 bits per heavy atom. The van der Waals surface area contributed by atoms with Crippen LogP contribution in [0.5, 0.6) is 0 Å². The first-order valence-electron chi connectivity index (χ1n) is 14.5. The maximum Gasteiger partial charge on any atom is 0.0629 e. The Labute approximate surface area is 246 Å². The third-order valence-electron chi connectivity index (χ3n) is 7.90. The molecule has 0 N–H and O–H groups in total. The molecule has 0 aliphatic rings. The molecular formula is C40H30N2. The third-order valence-corrected chi connectivity index (χ3v) is 7.90. The van der Waals surface area contributed by atoms with E-state index in [1.54, 1.807) is 0 Å². The highest BCUT2D eigenvalue weighted by Crippen LogP contribution is 2.43. The largest absolute Gasteiger partial charge is 0.261 e. The van der Waals surface area contributed by atoms with Crippen molar-refractivity contribution < 1.29 is 0 Å². The molecule has 0 amide bonds. The number of aromatic nitrogens is 2. The SMILES string of the molecule is C(=C\c1ccccn1)/c1ccc(-c2c3ccccc3c(-c3ccc(CCc4ccccn4)cc3)c3ccccc23)cc1. The fourth-order valence-electron chi connectivity index (χ4n) is 5.82. The van der Waals surface area contributed by atoms with Crippen LogP contribution in [0.25, 0.3) is 56.0 Å². The van der Waals surface area contributed by atoms with Crippen molar-refractivity contribution in [1.29, 1.82) is 0 Å². The van der Waals surface area contributed by atoms with E-state index in [0.717, 1.165) is 29.8 Å². The molecule has 0 aliphatic heterocycles. The molecule has 2 heterocycles. The maximum absolute atomic E-state index is 4.48. The third kappa shape index (κ3) is 5.23. The van der Waals surface area contributed by atoms with Crippen LogP contribution in [0, 0.1) is 0 Å². The summed E-state index contributed by atoms with van der Waals surface area (Å²) in [6.45, 7) is 0. The number of hydrogen-bond donors (Lipinski definition) is 0. The topological polar surface area (TPSA) is 25.8 Å². The van der Waals surface area contributed by atoms with Crippen molar-refractivity contribution in [3.63, 3.8) is 0 Å². The van der Waals surface area contributed by atoms with Gasteiger partial charge in [-0.3, -0.25) is 9.97 Å². The molecule has 0 saturated heterocycles. The zero-order valence-corrected chi connectivity index (χ0v) is 23.3. The summed E-state index contributed by atoms with van der Waals surface area (Å²) in [6.07, 6.45) is 9.78. The van der Waals surface area contributed by atoms with Crippen LogP contribution in [0.4, 0.5) is 0 Å². The normalized spacial score (nSPS) is 11.4. The lowest BCUT2D eigenvalue weighted by Gasteiger charge is -2.18. The molecule has 0 radical (unpaired) electrons. The Hall–Kier alpha value is -5.34. The molecule has 0 spiro atoms. The zero-order chi connectivity index (χ0) is 28.1. The Kier molecular flexibility index (Phi) is 7.10. The van der Waals surface area contributed by atoms with Gasteiger partial charge in [-0.25, -0.2) is 0 Å². The van der Waals surface area contributed by atoms with Crippen LogP contribution < -0.4 is 0 Å². The van der Waals surface area contributed by atoms with Crippen LogP contribution in [-0.4, -0.2) is 9.97 Å². The fourth-order valence-corrected chi connectivity index (χ4v) is 5.82. The summed E-state index contributed by atoms with van der Waals surface area (Å²) in [6, 6.07) is 47.7. The van der Waals surface area contributed by atoms with Crippen LogP contribution >= 0.6 is 0 Å². The van der Waals surface area contributed by atoms with Crippen molar-refractivity contribution in [2.75, 3.05) is 0 Å². The van der Waals surface area contributed by atoms with E-state index in [0.29, 0.717) is 0 Å². The highest BCUT2D eigenvalue weighted by molar-refractivity contribution is 6.21. The predicted octanol–water partition coefficient (Wildman–Crippen LogP) is 10.1. The summed E-state index contributed by atoms with van der Waals surface area (Å²) in [5.41, 5.74) is 9.58. The Balaban J connectivity index is 1.28. The minimum absolute atomic E-state index is 0.943. The van der Waals surface area contributed by atoms with Gasteiger partial charge in [0.25, 0.3) is 0 Å². The van der Waals surface area contributed by atoms with Crippen LogP contribution in [0.15, 0.2) is 146 Å². The number of rotatable bonds is 7. The lowest BCUT2D eigenvalue weighted by atomic mass is 9.85. The second kappa shape index (κ2) is 11.6. The van der Waals surface area contributed by atoms with Crippen LogP contribution in [0.3, 0.4) is 0 Å². The standard InChI is InChI=1S/C40H30N2/c1-2-12-36-35(11-1)39(31-21-15-29(16-22-31)19-25-33-9-5-7-27-41-33)37-13-3-4-14-38(37)40(36)32-23-17-30(18-24-32)20-26-34-10-6-8-28-42-34/h1-19,21-25,27-28H,20,26H2/b25-19+. The number of nitrogens with zero attached hydrogens (tertiary/aromatic N) is 2. The van der Waals surface area contributed by atoms with Gasteiger partial charge in [0.2, 0.25) is 0 Å². The van der Waals surface area contributed by atoms with Gasteiger partial charge in [-0.2, -0.15) is 0 Å². The van der Waals surface area contributed by atoms with E-state index in [1.165, 1.54) is 49.4 Å². The van der Waals surface area contributed by atoms with Gasteiger partial charge in [-0.15, -0.1) is 0 Å². The molecule has 5 aromatic carbocycles. The van der Waals surface area contributed by atoms with Crippen molar-refractivity contribution in [3.05, 3.63) is 168 Å². The van der Waals surface area contributed by atoms with E-state index in [4.69, 9.17) is 0 Å². The lowest BCUT2D eigenvalue weighted by molar-refractivity contribution is 0.914. The zero-order valence-electron chi connectivity index (χ0n) is 23.3. The fraction of sp³-hybridized carbons (Fsp3) is 0.0500. The van der Waals surface area contributed by atoms with Gasteiger partial charge in [0.15, 0.2) is 0 Å². The van der Waals surface area contributed by atoms with Crippen LogP contribution in [-0.2, 0) is 12.8 Å². The Morgan fingerprint density at radius 1 is 0.429 bits per heavy atom. The number of hydrogen-bond acceptors (Lipinski definition) is 2. The molecule has 0 fully saturated rings. The molecule has 200 valence electrons. The Morgan fingerprint density at radius 2 is 0.952 bits per heavy atom. The summed E-state index contributed by atoms with van der Waals surface area (Å²) in [5.74, 6) is 0.